The molecule has 0 bridgehead atoms. The van der Waals surface area contributed by atoms with Crippen molar-refractivity contribution in [3.8, 4) is 5.75 Å². The highest BCUT2D eigenvalue weighted by molar-refractivity contribution is 6.31. The van der Waals surface area contributed by atoms with Crippen molar-refractivity contribution in [2.24, 2.45) is 0 Å². The number of carbonyl (C=O) groups is 1. The van der Waals surface area contributed by atoms with Crippen LogP contribution in [0.25, 0.3) is 0 Å². The molecule has 0 saturated carbocycles. The standard InChI is InChI=1S/C10H9ClO3/c1-13-9-5-14-8-3-2-6(11)4-7(8)10(9)12/h2-4,9H,5H2,1H3. The second-order valence-corrected chi connectivity index (χ2v) is 3.48. The molecule has 0 amide bonds. The molecule has 1 aromatic rings. The van der Waals surface area contributed by atoms with Crippen LogP contribution in [0.1, 0.15) is 10.4 Å². The largest absolute Gasteiger partial charge is 0.490 e. The number of ether oxygens (including phenoxy) is 2. The van der Waals surface area contributed by atoms with E-state index in [9.17, 15) is 4.79 Å². The first-order chi connectivity index (χ1) is 6.72. The van der Waals surface area contributed by atoms with Gasteiger partial charge in [0, 0.05) is 12.1 Å². The van der Waals surface area contributed by atoms with Crippen LogP contribution >= 0.6 is 11.6 Å². The summed E-state index contributed by atoms with van der Waals surface area (Å²) in [6.07, 6.45) is -0.513. The fourth-order valence-corrected chi connectivity index (χ4v) is 1.58. The van der Waals surface area contributed by atoms with Crippen LogP contribution in [0.5, 0.6) is 5.75 Å². The maximum Gasteiger partial charge on any atom is 0.198 e. The second-order valence-electron chi connectivity index (χ2n) is 3.04. The van der Waals surface area contributed by atoms with Gasteiger partial charge in [0.1, 0.15) is 12.4 Å². The van der Waals surface area contributed by atoms with Crippen LogP contribution in [0.2, 0.25) is 5.02 Å². The van der Waals surface area contributed by atoms with Crippen molar-refractivity contribution >= 4 is 17.4 Å². The average Bonchev–Trinajstić information content (AvgIpc) is 2.20. The summed E-state index contributed by atoms with van der Waals surface area (Å²) in [4.78, 5) is 11.7. The van der Waals surface area contributed by atoms with Gasteiger partial charge in [0.05, 0.1) is 5.56 Å². The van der Waals surface area contributed by atoms with Crippen LogP contribution in [0.3, 0.4) is 0 Å². The fraction of sp³-hybridized carbons (Fsp3) is 0.300. The Balaban J connectivity index is 2.43. The van der Waals surface area contributed by atoms with Crippen LogP contribution in [0, 0.1) is 0 Å². The van der Waals surface area contributed by atoms with Gasteiger partial charge >= 0.3 is 0 Å². The third-order valence-electron chi connectivity index (χ3n) is 2.17. The van der Waals surface area contributed by atoms with E-state index in [-0.39, 0.29) is 12.4 Å². The molecule has 0 aliphatic carbocycles. The van der Waals surface area contributed by atoms with Crippen molar-refractivity contribution in [3.63, 3.8) is 0 Å². The first kappa shape index (κ1) is 9.49. The number of fused-ring (bicyclic) bond motifs is 1. The number of benzene rings is 1. The zero-order valence-electron chi connectivity index (χ0n) is 7.62. The summed E-state index contributed by atoms with van der Waals surface area (Å²) in [6, 6.07) is 4.99. The highest BCUT2D eigenvalue weighted by atomic mass is 35.5. The van der Waals surface area contributed by atoms with Gasteiger partial charge in [-0.25, -0.2) is 0 Å². The molecule has 0 aromatic heterocycles. The van der Waals surface area contributed by atoms with Gasteiger partial charge in [-0.15, -0.1) is 0 Å². The predicted octanol–water partition coefficient (Wildman–Crippen LogP) is 1.93. The van der Waals surface area contributed by atoms with Gasteiger partial charge < -0.3 is 9.47 Å². The Morgan fingerprint density at radius 2 is 2.36 bits per heavy atom. The van der Waals surface area contributed by atoms with Crippen LogP contribution in [-0.4, -0.2) is 25.6 Å². The minimum absolute atomic E-state index is 0.0729. The highest BCUT2D eigenvalue weighted by Crippen LogP contribution is 2.28. The third-order valence-corrected chi connectivity index (χ3v) is 2.41. The van der Waals surface area contributed by atoms with E-state index >= 15 is 0 Å². The van der Waals surface area contributed by atoms with Gasteiger partial charge in [-0.3, -0.25) is 4.79 Å². The lowest BCUT2D eigenvalue weighted by Crippen LogP contribution is -2.34. The molecule has 0 fully saturated rings. The van der Waals surface area contributed by atoms with E-state index in [1.807, 2.05) is 0 Å². The quantitative estimate of drug-likeness (QED) is 0.714. The Hall–Kier alpha value is -1.06. The van der Waals surface area contributed by atoms with E-state index in [0.717, 1.165) is 0 Å². The Kier molecular flexibility index (Phi) is 2.44. The van der Waals surface area contributed by atoms with E-state index in [1.165, 1.54) is 7.11 Å². The van der Waals surface area contributed by atoms with Crippen molar-refractivity contribution in [2.75, 3.05) is 13.7 Å². The maximum absolute atomic E-state index is 11.7. The molecule has 1 atom stereocenters. The molecule has 0 N–H and O–H groups in total. The van der Waals surface area contributed by atoms with Crippen molar-refractivity contribution in [3.05, 3.63) is 28.8 Å². The summed E-state index contributed by atoms with van der Waals surface area (Å²) >= 11 is 5.78. The third kappa shape index (κ3) is 1.49. The van der Waals surface area contributed by atoms with Crippen LogP contribution in [-0.2, 0) is 4.74 Å². The predicted molar refractivity (Wildman–Crippen MR) is 52.1 cm³/mol. The molecular weight excluding hydrogens is 204 g/mol. The van der Waals surface area contributed by atoms with Crippen LogP contribution < -0.4 is 4.74 Å². The number of rotatable bonds is 1. The van der Waals surface area contributed by atoms with Crippen LogP contribution in [0.15, 0.2) is 18.2 Å². The van der Waals surface area contributed by atoms with Gasteiger partial charge in [0.25, 0.3) is 0 Å². The molecule has 74 valence electrons. The van der Waals surface area contributed by atoms with Crippen molar-refractivity contribution in [1.82, 2.24) is 0 Å². The molecule has 0 radical (unpaired) electrons. The lowest BCUT2D eigenvalue weighted by Gasteiger charge is -2.22. The van der Waals surface area contributed by atoms with Crippen LogP contribution in [0.4, 0.5) is 0 Å². The normalized spacial score (nSPS) is 20.1. The molecule has 1 aliphatic rings. The molecule has 3 nitrogen and oxygen atoms in total. The zero-order chi connectivity index (χ0) is 10.1. The number of hydrogen-bond acceptors (Lipinski definition) is 3. The lowest BCUT2D eigenvalue weighted by molar-refractivity contribution is 0.0368. The summed E-state index contributed by atoms with van der Waals surface area (Å²) < 4.78 is 10.3. The topological polar surface area (TPSA) is 35.5 Å². The number of Topliss-reactive ketones (excluding diaryl/α,β-unsaturated/α-hetero) is 1. The molecule has 1 heterocycles. The molecule has 0 saturated heterocycles. The number of methoxy groups -OCH3 is 1. The molecule has 14 heavy (non-hydrogen) atoms. The van der Waals surface area contributed by atoms with E-state index in [1.54, 1.807) is 18.2 Å². The summed E-state index contributed by atoms with van der Waals surface area (Å²) in [6.45, 7) is 0.268. The molecule has 1 aromatic carbocycles. The van der Waals surface area contributed by atoms with E-state index in [0.29, 0.717) is 16.3 Å². The minimum atomic E-state index is -0.513. The van der Waals surface area contributed by atoms with Crippen molar-refractivity contribution in [1.29, 1.82) is 0 Å². The molecule has 2 rings (SSSR count). The van der Waals surface area contributed by atoms with E-state index in [4.69, 9.17) is 21.1 Å². The number of halogens is 1. The highest BCUT2D eigenvalue weighted by Gasteiger charge is 2.28. The molecule has 1 aliphatic heterocycles. The maximum atomic E-state index is 11.7. The van der Waals surface area contributed by atoms with Gasteiger partial charge in [0.15, 0.2) is 11.9 Å². The summed E-state index contributed by atoms with van der Waals surface area (Å²) in [5.74, 6) is 0.504. The SMILES string of the molecule is COC1COc2ccc(Cl)cc2C1=O. The number of carbonyl (C=O) groups excluding carboxylic acids is 1. The number of hydrogen-bond donors (Lipinski definition) is 0. The Morgan fingerprint density at radius 1 is 1.57 bits per heavy atom. The van der Waals surface area contributed by atoms with E-state index < -0.39 is 6.10 Å². The average molecular weight is 213 g/mol. The molecular formula is C10H9ClO3. The summed E-state index contributed by atoms with van der Waals surface area (Å²) in [5.41, 5.74) is 0.496. The smallest absolute Gasteiger partial charge is 0.198 e. The Morgan fingerprint density at radius 3 is 3.07 bits per heavy atom. The lowest BCUT2D eigenvalue weighted by atomic mass is 10.0. The number of ketones is 1. The van der Waals surface area contributed by atoms with Gasteiger partial charge in [0.2, 0.25) is 0 Å². The molecule has 4 heteroatoms. The monoisotopic (exact) mass is 212 g/mol. The van der Waals surface area contributed by atoms with Gasteiger partial charge in [-0.05, 0) is 18.2 Å². The van der Waals surface area contributed by atoms with Gasteiger partial charge in [-0.2, -0.15) is 0 Å². The van der Waals surface area contributed by atoms with Crippen molar-refractivity contribution in [2.45, 2.75) is 6.10 Å². The summed E-state index contributed by atoms with van der Waals surface area (Å²) in [5, 5.41) is 0.525. The van der Waals surface area contributed by atoms with Crippen molar-refractivity contribution < 1.29 is 14.3 Å². The second kappa shape index (κ2) is 3.59. The fourth-order valence-electron chi connectivity index (χ4n) is 1.41. The molecule has 0 spiro atoms. The first-order valence-corrected chi connectivity index (χ1v) is 4.59. The zero-order valence-corrected chi connectivity index (χ0v) is 8.38. The van der Waals surface area contributed by atoms with Gasteiger partial charge in [-0.1, -0.05) is 11.6 Å². The Bertz CT molecular complexity index is 376. The molecule has 1 unspecified atom stereocenters. The Labute approximate surface area is 86.6 Å². The minimum Gasteiger partial charge on any atom is -0.490 e. The summed E-state index contributed by atoms with van der Waals surface area (Å²) in [7, 11) is 1.49. The first-order valence-electron chi connectivity index (χ1n) is 4.21. The van der Waals surface area contributed by atoms with E-state index in [2.05, 4.69) is 0 Å².